The number of hydrogen-bond acceptors (Lipinski definition) is 1. The van der Waals surface area contributed by atoms with E-state index in [4.69, 9.17) is 0 Å². The standard InChI is InChI=1S/C11H25N/c1-5-8-10-11(4,9-6-2)12-7-3/h12H,5-10H2,1-4H3. The SMILES string of the molecule is CCCCC(C)(CCC)NCC. The highest BCUT2D eigenvalue weighted by Gasteiger charge is 2.20. The summed E-state index contributed by atoms with van der Waals surface area (Å²) in [6.07, 6.45) is 6.58. The molecule has 1 heteroatoms. The van der Waals surface area contributed by atoms with Gasteiger partial charge in [-0.2, -0.15) is 0 Å². The van der Waals surface area contributed by atoms with Crippen molar-refractivity contribution in [2.45, 2.75) is 65.3 Å². The molecule has 0 radical (unpaired) electrons. The molecule has 0 fully saturated rings. The summed E-state index contributed by atoms with van der Waals surface area (Å²) in [6, 6.07) is 0. The lowest BCUT2D eigenvalue weighted by Crippen LogP contribution is -2.41. The van der Waals surface area contributed by atoms with Gasteiger partial charge in [-0.1, -0.05) is 40.0 Å². The average Bonchev–Trinajstić information content (AvgIpc) is 2.02. The van der Waals surface area contributed by atoms with Gasteiger partial charge in [-0.05, 0) is 26.3 Å². The van der Waals surface area contributed by atoms with Gasteiger partial charge in [0.15, 0.2) is 0 Å². The first-order chi connectivity index (χ1) is 5.68. The minimum Gasteiger partial charge on any atom is -0.312 e. The molecule has 1 unspecified atom stereocenters. The van der Waals surface area contributed by atoms with Gasteiger partial charge < -0.3 is 5.32 Å². The minimum absolute atomic E-state index is 0.402. The Morgan fingerprint density at radius 1 is 1.00 bits per heavy atom. The van der Waals surface area contributed by atoms with Crippen molar-refractivity contribution in [3.63, 3.8) is 0 Å². The third kappa shape index (κ3) is 4.76. The molecule has 0 aliphatic rings. The molecule has 0 aliphatic heterocycles. The highest BCUT2D eigenvalue weighted by molar-refractivity contribution is 4.81. The molecule has 1 nitrogen and oxygen atoms in total. The lowest BCUT2D eigenvalue weighted by Gasteiger charge is -2.30. The maximum atomic E-state index is 3.59. The molecular formula is C11H25N. The molecule has 1 N–H and O–H groups in total. The lowest BCUT2D eigenvalue weighted by atomic mass is 9.90. The summed E-state index contributed by atoms with van der Waals surface area (Å²) < 4.78 is 0. The zero-order chi connectivity index (χ0) is 9.45. The lowest BCUT2D eigenvalue weighted by molar-refractivity contribution is 0.304. The summed E-state index contributed by atoms with van der Waals surface area (Å²) >= 11 is 0. The van der Waals surface area contributed by atoms with Crippen LogP contribution in [0.5, 0.6) is 0 Å². The van der Waals surface area contributed by atoms with Crippen LogP contribution >= 0.6 is 0 Å². The van der Waals surface area contributed by atoms with Crippen LogP contribution < -0.4 is 5.32 Å². The van der Waals surface area contributed by atoms with Crippen molar-refractivity contribution >= 4 is 0 Å². The molecule has 0 saturated carbocycles. The zero-order valence-electron chi connectivity index (χ0n) is 9.24. The van der Waals surface area contributed by atoms with Gasteiger partial charge in [-0.25, -0.2) is 0 Å². The monoisotopic (exact) mass is 171 g/mol. The van der Waals surface area contributed by atoms with Crippen molar-refractivity contribution in [1.82, 2.24) is 5.32 Å². The second-order valence-electron chi connectivity index (χ2n) is 3.94. The molecule has 0 rings (SSSR count). The van der Waals surface area contributed by atoms with Gasteiger partial charge in [0.25, 0.3) is 0 Å². The summed E-state index contributed by atoms with van der Waals surface area (Å²) in [4.78, 5) is 0. The van der Waals surface area contributed by atoms with Crippen LogP contribution in [0.15, 0.2) is 0 Å². The Hall–Kier alpha value is -0.0400. The van der Waals surface area contributed by atoms with E-state index in [0.717, 1.165) is 6.54 Å². The van der Waals surface area contributed by atoms with Crippen LogP contribution in [0.1, 0.15) is 59.8 Å². The zero-order valence-corrected chi connectivity index (χ0v) is 9.24. The third-order valence-electron chi connectivity index (χ3n) is 2.49. The molecule has 0 aromatic heterocycles. The number of unbranched alkanes of at least 4 members (excludes halogenated alkanes) is 1. The Labute approximate surface area is 77.9 Å². The molecule has 0 saturated heterocycles. The summed E-state index contributed by atoms with van der Waals surface area (Å²) in [5.74, 6) is 0. The molecule has 0 amide bonds. The predicted octanol–water partition coefficient (Wildman–Crippen LogP) is 3.34. The van der Waals surface area contributed by atoms with Crippen LogP contribution in [0, 0.1) is 0 Å². The van der Waals surface area contributed by atoms with Crippen LogP contribution in [-0.2, 0) is 0 Å². The molecule has 0 heterocycles. The second-order valence-corrected chi connectivity index (χ2v) is 3.94. The Morgan fingerprint density at radius 2 is 1.67 bits per heavy atom. The Morgan fingerprint density at radius 3 is 2.08 bits per heavy atom. The van der Waals surface area contributed by atoms with Crippen LogP contribution in [0.3, 0.4) is 0 Å². The topological polar surface area (TPSA) is 12.0 Å². The molecule has 0 aliphatic carbocycles. The van der Waals surface area contributed by atoms with Crippen molar-refractivity contribution in [1.29, 1.82) is 0 Å². The van der Waals surface area contributed by atoms with Gasteiger partial charge in [-0.15, -0.1) is 0 Å². The van der Waals surface area contributed by atoms with Crippen molar-refractivity contribution < 1.29 is 0 Å². The van der Waals surface area contributed by atoms with E-state index in [-0.39, 0.29) is 0 Å². The number of nitrogens with one attached hydrogen (secondary N) is 1. The van der Waals surface area contributed by atoms with E-state index in [1.54, 1.807) is 0 Å². The van der Waals surface area contributed by atoms with Crippen molar-refractivity contribution in [3.8, 4) is 0 Å². The van der Waals surface area contributed by atoms with Crippen LogP contribution in [0.25, 0.3) is 0 Å². The van der Waals surface area contributed by atoms with Crippen LogP contribution in [0.2, 0.25) is 0 Å². The van der Waals surface area contributed by atoms with E-state index < -0.39 is 0 Å². The van der Waals surface area contributed by atoms with E-state index in [0.29, 0.717) is 5.54 Å². The Balaban J connectivity index is 3.80. The van der Waals surface area contributed by atoms with E-state index >= 15 is 0 Å². The first kappa shape index (κ1) is 12.0. The molecule has 0 aromatic rings. The third-order valence-corrected chi connectivity index (χ3v) is 2.49. The van der Waals surface area contributed by atoms with E-state index in [2.05, 4.69) is 33.0 Å². The molecule has 74 valence electrons. The summed E-state index contributed by atoms with van der Waals surface area (Å²) in [7, 11) is 0. The Bertz CT molecular complexity index is 93.2. The summed E-state index contributed by atoms with van der Waals surface area (Å²) in [5.41, 5.74) is 0.402. The van der Waals surface area contributed by atoms with Gasteiger partial charge >= 0.3 is 0 Å². The maximum absolute atomic E-state index is 3.59. The van der Waals surface area contributed by atoms with Crippen molar-refractivity contribution in [2.75, 3.05) is 6.54 Å². The minimum atomic E-state index is 0.402. The Kier molecular flexibility index (Phi) is 6.45. The van der Waals surface area contributed by atoms with Gasteiger partial charge in [0.05, 0.1) is 0 Å². The molecule has 12 heavy (non-hydrogen) atoms. The normalized spacial score (nSPS) is 16.0. The molecule has 0 aromatic carbocycles. The fraction of sp³-hybridized carbons (Fsp3) is 1.00. The molecule has 0 bridgehead atoms. The smallest absolute Gasteiger partial charge is 0.0153 e. The number of hydrogen-bond donors (Lipinski definition) is 1. The quantitative estimate of drug-likeness (QED) is 0.619. The van der Waals surface area contributed by atoms with E-state index in [9.17, 15) is 0 Å². The predicted molar refractivity (Wildman–Crippen MR) is 56.5 cm³/mol. The van der Waals surface area contributed by atoms with Gasteiger partial charge in [0, 0.05) is 5.54 Å². The van der Waals surface area contributed by atoms with Crippen molar-refractivity contribution in [3.05, 3.63) is 0 Å². The first-order valence-corrected chi connectivity index (χ1v) is 5.43. The largest absolute Gasteiger partial charge is 0.312 e. The second kappa shape index (κ2) is 6.47. The van der Waals surface area contributed by atoms with Crippen LogP contribution in [-0.4, -0.2) is 12.1 Å². The van der Waals surface area contributed by atoms with Crippen LogP contribution in [0.4, 0.5) is 0 Å². The highest BCUT2D eigenvalue weighted by atomic mass is 14.9. The molecule has 0 spiro atoms. The summed E-state index contributed by atoms with van der Waals surface area (Å²) in [6.45, 7) is 10.2. The van der Waals surface area contributed by atoms with Gasteiger partial charge in [-0.3, -0.25) is 0 Å². The fourth-order valence-corrected chi connectivity index (χ4v) is 1.85. The van der Waals surface area contributed by atoms with Crippen molar-refractivity contribution in [2.24, 2.45) is 0 Å². The number of rotatable bonds is 7. The van der Waals surface area contributed by atoms with Gasteiger partial charge in [0.2, 0.25) is 0 Å². The highest BCUT2D eigenvalue weighted by Crippen LogP contribution is 2.19. The van der Waals surface area contributed by atoms with E-state index in [1.165, 1.54) is 32.1 Å². The van der Waals surface area contributed by atoms with Gasteiger partial charge in [0.1, 0.15) is 0 Å². The maximum Gasteiger partial charge on any atom is 0.0153 e. The average molecular weight is 171 g/mol. The summed E-state index contributed by atoms with van der Waals surface area (Å²) in [5, 5.41) is 3.59. The van der Waals surface area contributed by atoms with E-state index in [1.807, 2.05) is 0 Å². The molecule has 1 atom stereocenters. The first-order valence-electron chi connectivity index (χ1n) is 5.43. The fourth-order valence-electron chi connectivity index (χ4n) is 1.85. The molecular weight excluding hydrogens is 146 g/mol.